The molecule has 1 aromatic heterocycles. The lowest BCUT2D eigenvalue weighted by Gasteiger charge is -2.21. The highest BCUT2D eigenvalue weighted by Gasteiger charge is 2.09. The molecular formula is C23H27N5O. The molecule has 0 aliphatic heterocycles. The van der Waals surface area contributed by atoms with E-state index in [-0.39, 0.29) is 11.6 Å². The predicted molar refractivity (Wildman–Crippen MR) is 118 cm³/mol. The summed E-state index contributed by atoms with van der Waals surface area (Å²) in [5, 5.41) is 14.2. The molecule has 2 aromatic carbocycles. The molecule has 0 unspecified atom stereocenters. The Morgan fingerprint density at radius 3 is 2.34 bits per heavy atom. The van der Waals surface area contributed by atoms with Gasteiger partial charge >= 0.3 is 0 Å². The molecule has 3 aromatic rings. The van der Waals surface area contributed by atoms with Crippen molar-refractivity contribution < 1.29 is 4.79 Å². The molecule has 6 nitrogen and oxygen atoms in total. The smallest absolute Gasteiger partial charge is 0.276 e. The van der Waals surface area contributed by atoms with Crippen LogP contribution in [0, 0.1) is 6.92 Å². The van der Waals surface area contributed by atoms with Crippen LogP contribution < -0.4 is 15.5 Å². The third kappa shape index (κ3) is 5.54. The minimum atomic E-state index is -0.279. The summed E-state index contributed by atoms with van der Waals surface area (Å²) in [5.41, 5.74) is 4.53. The minimum Gasteiger partial charge on any atom is -0.372 e. The molecule has 150 valence electrons. The molecule has 0 saturated heterocycles. The number of nitrogens with zero attached hydrogens (tertiary/aromatic N) is 3. The van der Waals surface area contributed by atoms with Gasteiger partial charge in [-0.25, -0.2) is 0 Å². The molecule has 2 N–H and O–H groups in total. The number of hydrogen-bond acceptors (Lipinski definition) is 5. The van der Waals surface area contributed by atoms with Crippen LogP contribution in [0.15, 0.2) is 60.7 Å². The van der Waals surface area contributed by atoms with Crippen LogP contribution in [-0.2, 0) is 6.54 Å². The molecule has 0 bridgehead atoms. The number of aryl methyl sites for hydroxylation is 1. The summed E-state index contributed by atoms with van der Waals surface area (Å²) in [6.07, 6.45) is 0. The zero-order valence-electron chi connectivity index (χ0n) is 17.1. The second kappa shape index (κ2) is 9.68. The summed E-state index contributed by atoms with van der Waals surface area (Å²) in [6.45, 7) is 8.85. The number of benzene rings is 2. The first-order valence-electron chi connectivity index (χ1n) is 9.88. The zero-order chi connectivity index (χ0) is 20.6. The summed E-state index contributed by atoms with van der Waals surface area (Å²) in [6, 6.07) is 19.5. The van der Waals surface area contributed by atoms with Gasteiger partial charge in [0.2, 0.25) is 0 Å². The first kappa shape index (κ1) is 20.3. The van der Waals surface area contributed by atoms with Gasteiger partial charge in [0.05, 0.1) is 0 Å². The monoisotopic (exact) mass is 389 g/mol. The second-order valence-electron chi connectivity index (χ2n) is 6.82. The lowest BCUT2D eigenvalue weighted by atomic mass is 10.1. The fourth-order valence-electron chi connectivity index (χ4n) is 3.10. The highest BCUT2D eigenvalue weighted by molar-refractivity contribution is 6.02. The van der Waals surface area contributed by atoms with E-state index in [1.807, 2.05) is 30.3 Å². The Morgan fingerprint density at radius 1 is 0.966 bits per heavy atom. The molecule has 0 aliphatic rings. The standard InChI is InChI=1S/C23H27N5O/c1-4-28(5-2)20-11-9-19(10-12-20)25-23(29)21-13-14-22(27-26-21)24-16-18-8-6-7-17(3)15-18/h6-15H,4-5,16H2,1-3H3,(H,24,27)(H,25,29). The molecule has 0 radical (unpaired) electrons. The molecule has 0 saturated carbocycles. The van der Waals surface area contributed by atoms with Gasteiger partial charge in [0.25, 0.3) is 5.91 Å². The van der Waals surface area contributed by atoms with E-state index in [4.69, 9.17) is 0 Å². The fraction of sp³-hybridized carbons (Fsp3) is 0.261. The van der Waals surface area contributed by atoms with Gasteiger partial charge in [-0.2, -0.15) is 0 Å². The van der Waals surface area contributed by atoms with E-state index < -0.39 is 0 Å². The average molecular weight is 390 g/mol. The lowest BCUT2D eigenvalue weighted by molar-refractivity contribution is 0.102. The van der Waals surface area contributed by atoms with Gasteiger partial charge in [-0.15, -0.1) is 10.2 Å². The second-order valence-corrected chi connectivity index (χ2v) is 6.82. The van der Waals surface area contributed by atoms with Crippen molar-refractivity contribution >= 4 is 23.1 Å². The summed E-state index contributed by atoms with van der Waals surface area (Å²) in [4.78, 5) is 14.7. The molecule has 0 fully saturated rings. The molecule has 6 heteroatoms. The zero-order valence-corrected chi connectivity index (χ0v) is 17.1. The fourth-order valence-corrected chi connectivity index (χ4v) is 3.10. The van der Waals surface area contributed by atoms with Crippen LogP contribution in [0.4, 0.5) is 17.2 Å². The van der Waals surface area contributed by atoms with Crippen LogP contribution in [0.25, 0.3) is 0 Å². The highest BCUT2D eigenvalue weighted by Crippen LogP contribution is 2.18. The van der Waals surface area contributed by atoms with E-state index in [1.165, 1.54) is 11.1 Å². The van der Waals surface area contributed by atoms with E-state index in [0.29, 0.717) is 12.4 Å². The van der Waals surface area contributed by atoms with Crippen molar-refractivity contribution in [3.05, 3.63) is 77.5 Å². The Morgan fingerprint density at radius 2 is 1.72 bits per heavy atom. The summed E-state index contributed by atoms with van der Waals surface area (Å²) in [5.74, 6) is 0.352. The SMILES string of the molecule is CCN(CC)c1ccc(NC(=O)c2ccc(NCc3cccc(C)c3)nn2)cc1. The van der Waals surface area contributed by atoms with Gasteiger partial charge < -0.3 is 15.5 Å². The average Bonchev–Trinajstić information content (AvgIpc) is 2.75. The van der Waals surface area contributed by atoms with Gasteiger partial charge in [0, 0.05) is 31.0 Å². The van der Waals surface area contributed by atoms with Gasteiger partial charge in [0.15, 0.2) is 5.69 Å². The third-order valence-corrected chi connectivity index (χ3v) is 4.71. The van der Waals surface area contributed by atoms with Crippen LogP contribution in [0.5, 0.6) is 0 Å². The van der Waals surface area contributed by atoms with E-state index in [1.54, 1.807) is 12.1 Å². The van der Waals surface area contributed by atoms with Crippen molar-refractivity contribution in [1.29, 1.82) is 0 Å². The predicted octanol–water partition coefficient (Wildman–Crippen LogP) is 4.50. The summed E-state index contributed by atoms with van der Waals surface area (Å²) < 4.78 is 0. The number of carbonyl (C=O) groups is 1. The van der Waals surface area contributed by atoms with Gasteiger partial charge in [0.1, 0.15) is 5.82 Å². The number of aromatic nitrogens is 2. The number of rotatable bonds is 8. The Labute approximate surface area is 172 Å². The largest absolute Gasteiger partial charge is 0.372 e. The van der Waals surface area contributed by atoms with Crippen molar-refractivity contribution in [2.45, 2.75) is 27.3 Å². The van der Waals surface area contributed by atoms with Crippen LogP contribution >= 0.6 is 0 Å². The summed E-state index contributed by atoms with van der Waals surface area (Å²) >= 11 is 0. The van der Waals surface area contributed by atoms with E-state index in [9.17, 15) is 4.79 Å². The molecule has 0 aliphatic carbocycles. The van der Waals surface area contributed by atoms with Crippen molar-refractivity contribution in [3.8, 4) is 0 Å². The lowest BCUT2D eigenvalue weighted by Crippen LogP contribution is -2.21. The number of nitrogens with one attached hydrogen (secondary N) is 2. The third-order valence-electron chi connectivity index (χ3n) is 4.71. The Hall–Kier alpha value is -3.41. The van der Waals surface area contributed by atoms with E-state index in [0.717, 1.165) is 24.5 Å². The molecule has 1 amide bonds. The molecule has 0 spiro atoms. The van der Waals surface area contributed by atoms with E-state index in [2.05, 4.69) is 64.7 Å². The first-order valence-corrected chi connectivity index (χ1v) is 9.88. The first-order chi connectivity index (χ1) is 14.1. The Bertz CT molecular complexity index is 934. The number of amides is 1. The van der Waals surface area contributed by atoms with Crippen LogP contribution in [0.1, 0.15) is 35.5 Å². The van der Waals surface area contributed by atoms with Crippen molar-refractivity contribution in [3.63, 3.8) is 0 Å². The van der Waals surface area contributed by atoms with Crippen molar-refractivity contribution in [2.24, 2.45) is 0 Å². The van der Waals surface area contributed by atoms with Crippen LogP contribution in [0.2, 0.25) is 0 Å². The van der Waals surface area contributed by atoms with Gasteiger partial charge in [-0.05, 0) is 62.7 Å². The van der Waals surface area contributed by atoms with E-state index >= 15 is 0 Å². The number of carbonyl (C=O) groups excluding carboxylic acids is 1. The molecule has 29 heavy (non-hydrogen) atoms. The molecule has 3 rings (SSSR count). The molecular weight excluding hydrogens is 362 g/mol. The Balaban J connectivity index is 1.57. The van der Waals surface area contributed by atoms with Crippen LogP contribution in [-0.4, -0.2) is 29.2 Å². The topological polar surface area (TPSA) is 70.2 Å². The quantitative estimate of drug-likeness (QED) is 0.594. The van der Waals surface area contributed by atoms with Crippen LogP contribution in [0.3, 0.4) is 0 Å². The maximum atomic E-state index is 12.4. The maximum absolute atomic E-state index is 12.4. The van der Waals surface area contributed by atoms with Crippen molar-refractivity contribution in [1.82, 2.24) is 10.2 Å². The minimum absolute atomic E-state index is 0.277. The van der Waals surface area contributed by atoms with Gasteiger partial charge in [-0.3, -0.25) is 4.79 Å². The van der Waals surface area contributed by atoms with Crippen molar-refractivity contribution in [2.75, 3.05) is 28.6 Å². The number of anilines is 3. The highest BCUT2D eigenvalue weighted by atomic mass is 16.1. The number of hydrogen-bond donors (Lipinski definition) is 2. The van der Waals surface area contributed by atoms with Gasteiger partial charge in [-0.1, -0.05) is 29.8 Å². The molecule has 0 atom stereocenters. The normalized spacial score (nSPS) is 10.4. The maximum Gasteiger partial charge on any atom is 0.276 e. The summed E-state index contributed by atoms with van der Waals surface area (Å²) in [7, 11) is 0. The molecule has 1 heterocycles. The Kier molecular flexibility index (Phi) is 6.79.